The summed E-state index contributed by atoms with van der Waals surface area (Å²) in [6.07, 6.45) is -5.23. The molecule has 32 heavy (non-hydrogen) atoms. The van der Waals surface area contributed by atoms with Gasteiger partial charge in [-0.15, -0.1) is 0 Å². The van der Waals surface area contributed by atoms with E-state index in [1.807, 2.05) is 18.2 Å². The van der Waals surface area contributed by atoms with E-state index in [9.17, 15) is 28.3 Å². The van der Waals surface area contributed by atoms with Gasteiger partial charge in [0, 0.05) is 11.1 Å². The van der Waals surface area contributed by atoms with Gasteiger partial charge in [0.25, 0.3) is 0 Å². The molecule has 1 saturated heterocycles. The fourth-order valence-electron chi connectivity index (χ4n) is 3.65. The first-order valence-electron chi connectivity index (χ1n) is 9.68. The molecule has 0 unspecified atom stereocenters. The van der Waals surface area contributed by atoms with Crippen LogP contribution in [0.15, 0.2) is 42.5 Å². The second-order valence-corrected chi connectivity index (χ2v) is 8.39. The van der Waals surface area contributed by atoms with Crippen molar-refractivity contribution in [1.29, 1.82) is 0 Å². The van der Waals surface area contributed by atoms with Crippen molar-refractivity contribution in [3.8, 4) is 16.9 Å². The van der Waals surface area contributed by atoms with Crippen LogP contribution in [0.3, 0.4) is 0 Å². The molecule has 0 saturated carbocycles. The van der Waals surface area contributed by atoms with E-state index in [4.69, 9.17) is 9.47 Å². The van der Waals surface area contributed by atoms with E-state index in [0.29, 0.717) is 16.9 Å². The average Bonchev–Trinajstić information content (AvgIpc) is 2.74. The summed E-state index contributed by atoms with van der Waals surface area (Å²) in [7, 11) is -3.23. The number of aliphatic hydroxyl groups is 3. The third-order valence-electron chi connectivity index (χ3n) is 5.29. The van der Waals surface area contributed by atoms with Gasteiger partial charge in [-0.3, -0.25) is 4.18 Å². The van der Waals surface area contributed by atoms with Crippen molar-refractivity contribution in [3.05, 3.63) is 53.6 Å². The third kappa shape index (κ3) is 6.29. The molecular weight excluding hydrogens is 451 g/mol. The Bertz CT molecular complexity index is 997. The van der Waals surface area contributed by atoms with E-state index in [1.165, 1.54) is 7.11 Å². The van der Waals surface area contributed by atoms with E-state index in [-0.39, 0.29) is 42.6 Å². The van der Waals surface area contributed by atoms with Crippen LogP contribution in [0.2, 0.25) is 0 Å². The maximum absolute atomic E-state index is 10.5. The van der Waals surface area contributed by atoms with Gasteiger partial charge in [0.05, 0.1) is 19.8 Å². The molecule has 170 valence electrons. The van der Waals surface area contributed by atoms with E-state index >= 15 is 0 Å². The zero-order valence-corrected chi connectivity index (χ0v) is 20.9. The molecule has 3 N–H and O–H groups in total. The quantitative estimate of drug-likeness (QED) is 0.233. The minimum absolute atomic E-state index is 0. The van der Waals surface area contributed by atoms with Gasteiger partial charge in [0.15, 0.2) is 0 Å². The Morgan fingerprint density at radius 1 is 1.03 bits per heavy atom. The summed E-state index contributed by atoms with van der Waals surface area (Å²) in [5, 5.41) is 30.6. The van der Waals surface area contributed by atoms with Gasteiger partial charge in [0.2, 0.25) is 10.4 Å². The average molecular weight is 476 g/mol. The van der Waals surface area contributed by atoms with Gasteiger partial charge in [-0.2, -0.15) is 0 Å². The molecule has 11 heteroatoms. The van der Waals surface area contributed by atoms with Crippen molar-refractivity contribution >= 4 is 10.4 Å². The fraction of sp³-hybridized carbons (Fsp3) is 0.429. The van der Waals surface area contributed by atoms with Crippen LogP contribution in [0, 0.1) is 0 Å². The molecule has 0 aromatic heterocycles. The molecular formula is C21H25NaO9S. The standard InChI is InChI=1S/C21H26O9S.Na/c1-12-17(22)18(23)19(24)21(30-12)16-5-3-4-15(20(16)28-2)14-8-6-13(7-9-14)10-11-29-31(25,26)27;/h3-9,12,17-19,21-24H,10-11H2,1-2H3,(H,25,26,27);/q;+1/p-1/t12-,17+,18+,19-,21+;/m0./s1. The number of para-hydroxylation sites is 1. The molecule has 1 aliphatic rings. The van der Waals surface area contributed by atoms with Crippen molar-refractivity contribution in [1.82, 2.24) is 0 Å². The van der Waals surface area contributed by atoms with E-state index in [1.54, 1.807) is 31.2 Å². The zero-order chi connectivity index (χ0) is 22.8. The predicted molar refractivity (Wildman–Crippen MR) is 109 cm³/mol. The first kappa shape index (κ1) is 27.2. The summed E-state index contributed by atoms with van der Waals surface area (Å²) in [4.78, 5) is 0. The summed E-state index contributed by atoms with van der Waals surface area (Å²) in [5.74, 6) is 0.455. The van der Waals surface area contributed by atoms with Crippen LogP contribution in [-0.2, 0) is 25.7 Å². The van der Waals surface area contributed by atoms with Crippen LogP contribution < -0.4 is 34.3 Å². The maximum Gasteiger partial charge on any atom is 1.00 e. The Kier molecular flexibility index (Phi) is 9.68. The van der Waals surface area contributed by atoms with Gasteiger partial charge >= 0.3 is 29.6 Å². The molecule has 2 aromatic rings. The minimum atomic E-state index is -4.72. The number of hydrogen-bond acceptors (Lipinski definition) is 9. The van der Waals surface area contributed by atoms with Gasteiger partial charge in [0.1, 0.15) is 30.2 Å². The van der Waals surface area contributed by atoms with Crippen molar-refractivity contribution in [2.24, 2.45) is 0 Å². The molecule has 9 nitrogen and oxygen atoms in total. The molecule has 1 heterocycles. The second-order valence-electron chi connectivity index (χ2n) is 7.34. The smallest absolute Gasteiger partial charge is 0.726 e. The van der Waals surface area contributed by atoms with Crippen LogP contribution >= 0.6 is 0 Å². The van der Waals surface area contributed by atoms with E-state index in [2.05, 4.69) is 4.18 Å². The molecule has 0 aliphatic carbocycles. The molecule has 0 radical (unpaired) electrons. The largest absolute Gasteiger partial charge is 1.00 e. The fourth-order valence-corrected chi connectivity index (χ4v) is 3.94. The molecule has 1 fully saturated rings. The molecule has 0 bridgehead atoms. The van der Waals surface area contributed by atoms with Crippen LogP contribution in [0.25, 0.3) is 11.1 Å². The SMILES string of the molecule is COc1c(-c2ccc(CCOS(=O)(=O)[O-])cc2)cccc1[C@H]1O[C@@H](C)[C@@H](O)[C@@H](O)[C@@H]1O.[Na+]. The van der Waals surface area contributed by atoms with Gasteiger partial charge in [-0.25, -0.2) is 8.42 Å². The van der Waals surface area contributed by atoms with Crippen LogP contribution in [0.5, 0.6) is 5.75 Å². The van der Waals surface area contributed by atoms with Gasteiger partial charge < -0.3 is 29.3 Å². The number of methoxy groups -OCH3 is 1. The Balaban J connectivity index is 0.00000363. The molecule has 1 aliphatic heterocycles. The number of hydrogen-bond donors (Lipinski definition) is 3. The van der Waals surface area contributed by atoms with Crippen molar-refractivity contribution in [2.45, 2.75) is 43.9 Å². The van der Waals surface area contributed by atoms with Crippen LogP contribution in [-0.4, -0.2) is 66.4 Å². The minimum Gasteiger partial charge on any atom is -0.726 e. The van der Waals surface area contributed by atoms with Crippen molar-refractivity contribution in [2.75, 3.05) is 13.7 Å². The maximum atomic E-state index is 10.5. The normalized spacial score (nSPS) is 25.8. The summed E-state index contributed by atoms with van der Waals surface area (Å²) in [6.45, 7) is 1.37. The Morgan fingerprint density at radius 2 is 1.69 bits per heavy atom. The number of aliphatic hydroxyl groups excluding tert-OH is 3. The second kappa shape index (κ2) is 11.4. The van der Waals surface area contributed by atoms with Crippen molar-refractivity contribution in [3.63, 3.8) is 0 Å². The first-order valence-corrected chi connectivity index (χ1v) is 11.0. The Hall–Kier alpha value is -1.05. The molecule has 0 amide bonds. The van der Waals surface area contributed by atoms with Gasteiger partial charge in [-0.05, 0) is 24.5 Å². The number of rotatable bonds is 7. The summed E-state index contributed by atoms with van der Waals surface area (Å²) in [6, 6.07) is 12.5. The molecule has 3 rings (SSSR count). The number of benzene rings is 2. The van der Waals surface area contributed by atoms with E-state index in [0.717, 1.165) is 11.1 Å². The monoisotopic (exact) mass is 476 g/mol. The molecule has 2 aromatic carbocycles. The molecule has 0 spiro atoms. The summed E-state index contributed by atoms with van der Waals surface area (Å²) in [5.41, 5.74) is 2.82. The zero-order valence-electron chi connectivity index (χ0n) is 18.0. The van der Waals surface area contributed by atoms with Gasteiger partial charge in [-0.1, -0.05) is 42.5 Å². The Morgan fingerprint density at radius 3 is 2.28 bits per heavy atom. The molecule has 5 atom stereocenters. The Labute approximate surface area is 209 Å². The van der Waals surface area contributed by atoms with E-state index < -0.39 is 40.9 Å². The van der Waals surface area contributed by atoms with Crippen LogP contribution in [0.1, 0.15) is 24.2 Å². The predicted octanol–water partition coefficient (Wildman–Crippen LogP) is -2.07. The first-order chi connectivity index (χ1) is 14.6. The topological polar surface area (TPSA) is 146 Å². The summed E-state index contributed by atoms with van der Waals surface area (Å²) >= 11 is 0. The third-order valence-corrected chi connectivity index (χ3v) is 5.75. The van der Waals surface area contributed by atoms with Crippen LogP contribution in [0.4, 0.5) is 0 Å². The van der Waals surface area contributed by atoms with Crippen molar-refractivity contribution < 1.29 is 71.5 Å². The number of ether oxygens (including phenoxy) is 2. The summed E-state index contributed by atoms with van der Waals surface area (Å²) < 4.78 is 47.2.